The van der Waals surface area contributed by atoms with Gasteiger partial charge in [-0.2, -0.15) is 0 Å². The van der Waals surface area contributed by atoms with Gasteiger partial charge in [-0.05, 0) is 72.4 Å². The van der Waals surface area contributed by atoms with Gasteiger partial charge in [0.15, 0.2) is 0 Å². The Hall–Kier alpha value is -0.910. The van der Waals surface area contributed by atoms with E-state index < -0.39 is 0 Å². The predicted molar refractivity (Wildman–Crippen MR) is 90.3 cm³/mol. The first kappa shape index (κ1) is 16.5. The maximum atomic E-state index is 12.4. The number of hydrogen-bond acceptors (Lipinski definition) is 3. The lowest BCUT2D eigenvalue weighted by molar-refractivity contribution is -0.120. The minimum atomic E-state index is -0.147. The molecule has 2 unspecified atom stereocenters. The van der Waals surface area contributed by atoms with Gasteiger partial charge in [0.05, 0.1) is 11.7 Å². The lowest BCUT2D eigenvalue weighted by Gasteiger charge is -2.26. The average Bonchev–Trinajstić information content (AvgIpc) is 2.84. The minimum absolute atomic E-state index is 0.0285. The van der Waals surface area contributed by atoms with Crippen LogP contribution in [-0.2, 0) is 4.79 Å². The second-order valence-electron chi connectivity index (χ2n) is 6.38. The number of carbonyl (C=O) groups excluding carboxylic acids is 1. The van der Waals surface area contributed by atoms with Crippen molar-refractivity contribution in [3.8, 4) is 0 Å². The van der Waals surface area contributed by atoms with E-state index >= 15 is 0 Å². The molecule has 1 saturated heterocycles. The van der Waals surface area contributed by atoms with Crippen molar-refractivity contribution in [1.29, 1.82) is 0 Å². The number of aryl methyl sites for hydroxylation is 1. The van der Waals surface area contributed by atoms with Gasteiger partial charge in [-0.25, -0.2) is 0 Å². The second-order valence-corrected chi connectivity index (χ2v) is 7.24. The van der Waals surface area contributed by atoms with Crippen LogP contribution in [-0.4, -0.2) is 36.5 Å². The number of hydrogen-bond donors (Lipinski definition) is 2. The highest BCUT2D eigenvalue weighted by Crippen LogP contribution is 2.30. The second kappa shape index (κ2) is 6.46. The van der Waals surface area contributed by atoms with E-state index in [-0.39, 0.29) is 17.4 Å². The molecule has 1 aromatic rings. The van der Waals surface area contributed by atoms with Crippen LogP contribution in [0.25, 0.3) is 0 Å². The molecule has 2 rings (SSSR count). The topological polar surface area (TPSA) is 58.4 Å². The molecular formula is C16H24BrN3O. The maximum Gasteiger partial charge on any atom is 0.241 e. The Labute approximate surface area is 135 Å². The van der Waals surface area contributed by atoms with Gasteiger partial charge in [-0.3, -0.25) is 9.69 Å². The van der Waals surface area contributed by atoms with Crippen molar-refractivity contribution in [3.63, 3.8) is 0 Å². The summed E-state index contributed by atoms with van der Waals surface area (Å²) < 4.78 is 0.913. The van der Waals surface area contributed by atoms with E-state index in [0.717, 1.165) is 35.2 Å². The normalized spacial score (nSPS) is 24.0. The highest BCUT2D eigenvalue weighted by atomic mass is 79.9. The van der Waals surface area contributed by atoms with Crippen molar-refractivity contribution in [3.05, 3.63) is 28.2 Å². The Morgan fingerprint density at radius 3 is 2.86 bits per heavy atom. The van der Waals surface area contributed by atoms with Crippen molar-refractivity contribution < 1.29 is 4.79 Å². The Balaban J connectivity index is 2.00. The molecule has 0 radical (unpaired) electrons. The van der Waals surface area contributed by atoms with Crippen LogP contribution in [0.1, 0.15) is 25.8 Å². The Bertz CT molecular complexity index is 534. The molecule has 3 N–H and O–H groups in total. The number of rotatable bonds is 4. The number of amides is 1. The molecule has 0 aliphatic carbocycles. The summed E-state index contributed by atoms with van der Waals surface area (Å²) in [6, 6.07) is 5.78. The van der Waals surface area contributed by atoms with Crippen LogP contribution in [0.4, 0.5) is 5.69 Å². The Kier molecular flexibility index (Phi) is 5.07. The molecule has 1 aromatic carbocycles. The van der Waals surface area contributed by atoms with Gasteiger partial charge in [0.2, 0.25) is 5.91 Å². The summed E-state index contributed by atoms with van der Waals surface area (Å²) in [5, 5.41) is 3.00. The maximum absolute atomic E-state index is 12.4. The highest BCUT2D eigenvalue weighted by Gasteiger charge is 2.36. The number of anilines is 1. The summed E-state index contributed by atoms with van der Waals surface area (Å²) in [5.74, 6) is 0.0285. The molecular weight excluding hydrogens is 330 g/mol. The zero-order valence-electron chi connectivity index (χ0n) is 12.9. The van der Waals surface area contributed by atoms with E-state index in [2.05, 4.69) is 33.1 Å². The molecule has 1 fully saturated rings. The summed E-state index contributed by atoms with van der Waals surface area (Å²) in [5.41, 5.74) is 7.94. The number of likely N-dealkylation sites (tertiary alicyclic amines) is 1. The van der Waals surface area contributed by atoms with E-state index in [1.165, 1.54) is 0 Å². The first-order valence-corrected chi connectivity index (χ1v) is 8.15. The number of nitrogens with one attached hydrogen (secondary N) is 1. The third-order valence-corrected chi connectivity index (χ3v) is 5.05. The standard InChI is InChI=1S/C16H24BrN3O/c1-11-4-5-14(13(17)8-11)19-15(21)12(2)20-7-6-16(3,9-18)10-20/h4-5,8,12H,6-7,9-10,18H2,1-3H3,(H,19,21). The highest BCUT2D eigenvalue weighted by molar-refractivity contribution is 9.10. The van der Waals surface area contributed by atoms with Crippen LogP contribution >= 0.6 is 15.9 Å². The fourth-order valence-electron chi connectivity index (χ4n) is 2.68. The zero-order valence-corrected chi connectivity index (χ0v) is 14.5. The predicted octanol–water partition coefficient (Wildman–Crippen LogP) is 2.76. The van der Waals surface area contributed by atoms with Crippen molar-refractivity contribution in [1.82, 2.24) is 4.90 Å². The van der Waals surface area contributed by atoms with E-state index in [4.69, 9.17) is 5.73 Å². The molecule has 1 aliphatic rings. The molecule has 0 aromatic heterocycles. The van der Waals surface area contributed by atoms with Crippen molar-refractivity contribution in [2.45, 2.75) is 33.2 Å². The molecule has 4 nitrogen and oxygen atoms in total. The van der Waals surface area contributed by atoms with Crippen LogP contribution in [0.2, 0.25) is 0 Å². The average molecular weight is 354 g/mol. The molecule has 0 saturated carbocycles. The molecule has 1 aliphatic heterocycles. The monoisotopic (exact) mass is 353 g/mol. The van der Waals surface area contributed by atoms with Crippen LogP contribution < -0.4 is 11.1 Å². The number of benzene rings is 1. The molecule has 5 heteroatoms. The first-order chi connectivity index (χ1) is 9.84. The fraction of sp³-hybridized carbons (Fsp3) is 0.562. The van der Waals surface area contributed by atoms with Gasteiger partial charge in [0.1, 0.15) is 0 Å². The summed E-state index contributed by atoms with van der Waals surface area (Å²) in [7, 11) is 0. The van der Waals surface area contributed by atoms with Gasteiger partial charge in [0.25, 0.3) is 0 Å². The summed E-state index contributed by atoms with van der Waals surface area (Å²) >= 11 is 3.49. The molecule has 116 valence electrons. The van der Waals surface area contributed by atoms with Crippen LogP contribution in [0.5, 0.6) is 0 Å². The van der Waals surface area contributed by atoms with Gasteiger partial charge >= 0.3 is 0 Å². The molecule has 1 amide bonds. The number of nitrogens with two attached hydrogens (primary N) is 1. The van der Waals surface area contributed by atoms with E-state index in [9.17, 15) is 4.79 Å². The SMILES string of the molecule is Cc1ccc(NC(=O)C(C)N2CCC(C)(CN)C2)c(Br)c1. The Morgan fingerprint density at radius 2 is 2.29 bits per heavy atom. The Morgan fingerprint density at radius 1 is 1.57 bits per heavy atom. The zero-order chi connectivity index (χ0) is 15.6. The van der Waals surface area contributed by atoms with Crippen LogP contribution in [0.15, 0.2) is 22.7 Å². The van der Waals surface area contributed by atoms with Gasteiger partial charge in [-0.15, -0.1) is 0 Å². The smallest absolute Gasteiger partial charge is 0.241 e. The lowest BCUT2D eigenvalue weighted by Crippen LogP contribution is -2.42. The van der Waals surface area contributed by atoms with Gasteiger partial charge in [0, 0.05) is 11.0 Å². The number of nitrogens with zero attached hydrogens (tertiary/aromatic N) is 1. The van der Waals surface area contributed by atoms with E-state index in [1.54, 1.807) is 0 Å². The molecule has 21 heavy (non-hydrogen) atoms. The molecule has 1 heterocycles. The summed E-state index contributed by atoms with van der Waals surface area (Å²) in [4.78, 5) is 14.6. The van der Waals surface area contributed by atoms with E-state index in [1.807, 2.05) is 32.0 Å². The van der Waals surface area contributed by atoms with Crippen molar-refractivity contribution in [2.24, 2.45) is 11.1 Å². The largest absolute Gasteiger partial charge is 0.330 e. The van der Waals surface area contributed by atoms with Gasteiger partial charge < -0.3 is 11.1 Å². The quantitative estimate of drug-likeness (QED) is 0.874. The fourth-order valence-corrected chi connectivity index (χ4v) is 3.28. The third-order valence-electron chi connectivity index (χ3n) is 4.39. The molecule has 2 atom stereocenters. The molecule has 0 spiro atoms. The van der Waals surface area contributed by atoms with Crippen molar-refractivity contribution in [2.75, 3.05) is 25.0 Å². The van der Waals surface area contributed by atoms with Crippen molar-refractivity contribution >= 4 is 27.5 Å². The lowest BCUT2D eigenvalue weighted by atomic mass is 9.90. The summed E-state index contributed by atoms with van der Waals surface area (Å²) in [6.07, 6.45) is 1.05. The molecule has 0 bridgehead atoms. The van der Waals surface area contributed by atoms with Gasteiger partial charge in [-0.1, -0.05) is 13.0 Å². The third kappa shape index (κ3) is 3.84. The number of carbonyl (C=O) groups is 1. The summed E-state index contributed by atoms with van der Waals surface area (Å²) in [6.45, 7) is 8.65. The first-order valence-electron chi connectivity index (χ1n) is 7.36. The van der Waals surface area contributed by atoms with Crippen LogP contribution in [0, 0.1) is 12.3 Å². The number of halogens is 1. The van der Waals surface area contributed by atoms with Crippen LogP contribution in [0.3, 0.4) is 0 Å². The minimum Gasteiger partial charge on any atom is -0.330 e. The van der Waals surface area contributed by atoms with E-state index in [0.29, 0.717) is 6.54 Å².